The molecule has 1 saturated heterocycles. The summed E-state index contributed by atoms with van der Waals surface area (Å²) in [6.07, 6.45) is -0.270. The third kappa shape index (κ3) is 3.55. The van der Waals surface area contributed by atoms with Gasteiger partial charge in [0.05, 0.1) is 40.0 Å². The van der Waals surface area contributed by atoms with Gasteiger partial charge in [0, 0.05) is 10.9 Å². The van der Waals surface area contributed by atoms with Crippen LogP contribution in [0.25, 0.3) is 32.9 Å². The second-order valence-corrected chi connectivity index (χ2v) is 14.8. The summed E-state index contributed by atoms with van der Waals surface area (Å²) < 4.78 is 26.6. The number of benzene rings is 3. The number of nitrogens with zero attached hydrogens (tertiary/aromatic N) is 2. The van der Waals surface area contributed by atoms with Gasteiger partial charge in [-0.3, -0.25) is 0 Å². The molecule has 0 radical (unpaired) electrons. The highest BCUT2D eigenvalue weighted by Crippen LogP contribution is 2.75. The van der Waals surface area contributed by atoms with Crippen LogP contribution in [0.15, 0.2) is 42.5 Å². The molecule has 218 valence electrons. The lowest BCUT2D eigenvalue weighted by molar-refractivity contribution is -0.487. The van der Waals surface area contributed by atoms with E-state index in [2.05, 4.69) is 75.1 Å². The fraction of sp³-hybridized carbons (Fsp3) is 0.441. The maximum absolute atomic E-state index is 13.1. The fourth-order valence-corrected chi connectivity index (χ4v) is 7.37. The zero-order chi connectivity index (χ0) is 29.8. The van der Waals surface area contributed by atoms with Gasteiger partial charge in [0.15, 0.2) is 11.5 Å². The highest BCUT2D eigenvalue weighted by Gasteiger charge is 2.89. The van der Waals surface area contributed by atoms with Gasteiger partial charge in [-0.1, -0.05) is 24.3 Å². The van der Waals surface area contributed by atoms with Crippen LogP contribution in [0.4, 0.5) is 4.79 Å². The predicted octanol–water partition coefficient (Wildman–Crippen LogP) is 5.89. The molecule has 43 heavy (non-hydrogen) atoms. The molecule has 2 saturated carbocycles. The summed E-state index contributed by atoms with van der Waals surface area (Å²) in [4.78, 5) is 21.8. The second-order valence-electron chi connectivity index (χ2n) is 14.8. The fourth-order valence-electron chi connectivity index (χ4n) is 7.37. The molecule has 6 aliphatic rings. The molecule has 10 rings (SSSR count). The van der Waals surface area contributed by atoms with Gasteiger partial charge in [-0.25, -0.2) is 4.98 Å². The lowest BCUT2D eigenvalue weighted by Gasteiger charge is -2.32. The number of amides is 1. The number of nitrogens with one attached hydrogen (secondary N) is 1. The summed E-state index contributed by atoms with van der Waals surface area (Å²) in [7, 11) is -0.410. The van der Waals surface area contributed by atoms with Crippen molar-refractivity contribution in [1.29, 1.82) is 0 Å². The lowest BCUT2D eigenvalue weighted by Crippen LogP contribution is -2.41. The van der Waals surface area contributed by atoms with E-state index in [0.717, 1.165) is 55.5 Å². The quantitative estimate of drug-likeness (QED) is 0.237. The van der Waals surface area contributed by atoms with E-state index in [-0.39, 0.29) is 23.3 Å². The summed E-state index contributed by atoms with van der Waals surface area (Å²) in [5.74, 6) is 3.17. The van der Waals surface area contributed by atoms with Gasteiger partial charge < -0.3 is 23.8 Å². The minimum absolute atomic E-state index is 0.0961. The molecule has 4 aromatic rings. The van der Waals surface area contributed by atoms with Crippen molar-refractivity contribution in [2.75, 3.05) is 0 Å². The Morgan fingerprint density at radius 1 is 1.02 bits per heavy atom. The molecule has 1 aromatic heterocycles. The van der Waals surface area contributed by atoms with Crippen LogP contribution in [0.1, 0.15) is 65.9 Å². The van der Waals surface area contributed by atoms with Crippen LogP contribution in [0.5, 0.6) is 5.75 Å². The van der Waals surface area contributed by atoms with Crippen molar-refractivity contribution in [3.63, 3.8) is 0 Å². The Kier molecular flexibility index (Phi) is 4.72. The molecule has 3 unspecified atom stereocenters. The molecule has 3 fully saturated rings. The zero-order valence-electron chi connectivity index (χ0n) is 25.6. The first-order chi connectivity index (χ1) is 20.3. The summed E-state index contributed by atoms with van der Waals surface area (Å²) >= 11 is 0. The Hall–Kier alpha value is -3.69. The minimum Gasteiger partial charge on any atom is -0.488 e. The Bertz CT molecular complexity index is 1940. The van der Waals surface area contributed by atoms with Gasteiger partial charge in [-0.05, 0) is 88.6 Å². The average Bonchev–Trinajstić information content (AvgIpc) is 3.59. The number of carbonyl (C=O) groups is 1. The number of aromatic nitrogens is 2. The van der Waals surface area contributed by atoms with E-state index < -0.39 is 12.7 Å². The van der Waals surface area contributed by atoms with Crippen LogP contribution in [0.2, 0.25) is 0 Å². The van der Waals surface area contributed by atoms with Crippen molar-refractivity contribution in [2.45, 2.75) is 77.9 Å². The van der Waals surface area contributed by atoms with Crippen LogP contribution >= 0.6 is 0 Å². The Balaban J connectivity index is 1.06. The number of hydrogen-bond acceptors (Lipinski definition) is 6. The van der Waals surface area contributed by atoms with Crippen molar-refractivity contribution in [2.24, 2.45) is 17.8 Å². The molecule has 0 spiro atoms. The van der Waals surface area contributed by atoms with Crippen molar-refractivity contribution in [1.82, 2.24) is 9.97 Å². The SMILES string of the molecule is CC(C)(C)OC(=O)[N+]1=C2C3C2C3C1c1nc2c(ccc3cc4c(cc32)OCc2cc(B3OC(C)(C)C(C)(C)O3)ccc2-4)[nH]1. The van der Waals surface area contributed by atoms with E-state index in [1.54, 1.807) is 0 Å². The maximum Gasteiger partial charge on any atom is 0.597 e. The smallest absolute Gasteiger partial charge is 0.488 e. The number of rotatable bonds is 2. The largest absolute Gasteiger partial charge is 0.597 e. The molecule has 5 heterocycles. The summed E-state index contributed by atoms with van der Waals surface area (Å²) in [6, 6.07) is 14.8. The van der Waals surface area contributed by atoms with Crippen LogP contribution in [-0.2, 0) is 20.7 Å². The number of hydrogen-bond donors (Lipinski definition) is 1. The van der Waals surface area contributed by atoms with Crippen LogP contribution in [0.3, 0.4) is 0 Å². The van der Waals surface area contributed by atoms with E-state index in [1.807, 2.05) is 25.3 Å². The monoisotopic (exact) mass is 576 g/mol. The van der Waals surface area contributed by atoms with Crippen molar-refractivity contribution in [3.8, 4) is 16.9 Å². The van der Waals surface area contributed by atoms with Crippen molar-refractivity contribution >= 4 is 46.2 Å². The number of H-pyrrole nitrogens is 1. The number of ether oxygens (including phenoxy) is 2. The van der Waals surface area contributed by atoms with Gasteiger partial charge in [0.25, 0.3) is 0 Å². The molecular weight excluding hydrogens is 541 g/mol. The molecule has 4 aliphatic heterocycles. The van der Waals surface area contributed by atoms with E-state index in [0.29, 0.717) is 24.4 Å². The van der Waals surface area contributed by atoms with E-state index in [4.69, 9.17) is 23.8 Å². The Morgan fingerprint density at radius 2 is 1.77 bits per heavy atom. The average molecular weight is 576 g/mol. The normalized spacial score (nSPS) is 27.2. The highest BCUT2D eigenvalue weighted by atomic mass is 16.7. The molecule has 3 atom stereocenters. The molecule has 9 heteroatoms. The van der Waals surface area contributed by atoms with Gasteiger partial charge in [0.2, 0.25) is 6.04 Å². The zero-order valence-corrected chi connectivity index (χ0v) is 25.6. The number of imidazole rings is 1. The van der Waals surface area contributed by atoms with Gasteiger partial charge in [-0.15, -0.1) is 4.58 Å². The lowest BCUT2D eigenvalue weighted by atomic mass is 9.77. The van der Waals surface area contributed by atoms with Gasteiger partial charge in [0.1, 0.15) is 18.0 Å². The maximum atomic E-state index is 13.1. The van der Waals surface area contributed by atoms with Crippen LogP contribution in [-0.4, -0.2) is 50.3 Å². The molecule has 3 aromatic carbocycles. The van der Waals surface area contributed by atoms with Gasteiger partial charge >= 0.3 is 13.2 Å². The third-order valence-electron chi connectivity index (χ3n) is 10.4. The molecule has 1 N–H and O–H groups in total. The first kappa shape index (κ1) is 25.8. The molecule has 2 bridgehead atoms. The van der Waals surface area contributed by atoms with E-state index in [1.165, 1.54) is 5.71 Å². The summed E-state index contributed by atoms with van der Waals surface area (Å²) in [6.45, 7) is 14.5. The second kappa shape index (κ2) is 7.87. The summed E-state index contributed by atoms with van der Waals surface area (Å²) in [5.41, 5.74) is 6.09. The number of fused-ring (bicyclic) bond motifs is 7. The van der Waals surface area contributed by atoms with Crippen LogP contribution < -0.4 is 10.2 Å². The van der Waals surface area contributed by atoms with Crippen LogP contribution in [0, 0.1) is 17.8 Å². The topological polar surface area (TPSA) is 85.7 Å². The standard InChI is InChI=1S/C34H35BN3O5/c1-32(2,3)41-31(39)38-28-24-25(28)26(24)29(38)30-36-22-11-8-16-13-21-19-10-9-18(35-42-33(4,5)34(6,7)43-35)12-17(19)15-40-23(21)14-20(16)27(22)37-30/h8-14,24-26,29H,15H2,1-7H3,(H,36,37)/q+1. The Morgan fingerprint density at radius 3 is 2.49 bits per heavy atom. The van der Waals surface area contributed by atoms with Crippen molar-refractivity contribution < 1.29 is 28.2 Å². The molecule has 1 amide bonds. The molecule has 2 aliphatic carbocycles. The molecule has 8 nitrogen and oxygen atoms in total. The Labute approximate surface area is 250 Å². The first-order valence-corrected chi connectivity index (χ1v) is 15.3. The van der Waals surface area contributed by atoms with E-state index >= 15 is 0 Å². The first-order valence-electron chi connectivity index (χ1n) is 15.3. The summed E-state index contributed by atoms with van der Waals surface area (Å²) in [5, 5.41) is 2.13. The van der Waals surface area contributed by atoms with Gasteiger partial charge in [-0.2, -0.15) is 4.79 Å². The third-order valence-corrected chi connectivity index (χ3v) is 10.4. The number of carbonyl (C=O) groups excluding carboxylic acids is 1. The highest BCUT2D eigenvalue weighted by molar-refractivity contribution is 6.62. The minimum atomic E-state index is -0.542. The van der Waals surface area contributed by atoms with E-state index in [9.17, 15) is 4.79 Å². The van der Waals surface area contributed by atoms with Crippen molar-refractivity contribution in [3.05, 3.63) is 53.9 Å². The predicted molar refractivity (Wildman–Crippen MR) is 164 cm³/mol. The number of aromatic amines is 1. The molecular formula is C34H35BN3O5+.